The van der Waals surface area contributed by atoms with Crippen LogP contribution in [0.5, 0.6) is 5.75 Å². The normalized spacial score (nSPS) is 19.0. The molecule has 0 bridgehead atoms. The summed E-state index contributed by atoms with van der Waals surface area (Å²) < 4.78 is 5.23. The second-order valence-electron chi connectivity index (χ2n) is 8.07. The number of rotatable bonds is 7. The molecule has 154 valence electrons. The topological polar surface area (TPSA) is 68.4 Å². The zero-order valence-corrected chi connectivity index (χ0v) is 17.3. The van der Waals surface area contributed by atoms with Gasteiger partial charge in [-0.15, -0.1) is 0 Å². The van der Waals surface area contributed by atoms with Gasteiger partial charge >= 0.3 is 0 Å². The van der Waals surface area contributed by atoms with E-state index < -0.39 is 5.41 Å². The number of carbonyl (C=O) groups is 1. The van der Waals surface area contributed by atoms with E-state index in [1.54, 1.807) is 13.3 Å². The highest BCUT2D eigenvalue weighted by atomic mass is 16.5. The van der Waals surface area contributed by atoms with Gasteiger partial charge in [0, 0.05) is 25.5 Å². The number of hydrogen-bond acceptors (Lipinski definition) is 4. The van der Waals surface area contributed by atoms with Crippen molar-refractivity contribution in [1.29, 1.82) is 0 Å². The van der Waals surface area contributed by atoms with E-state index in [-0.39, 0.29) is 5.91 Å². The maximum Gasteiger partial charge on any atom is 0.225 e. The first-order valence-electron chi connectivity index (χ1n) is 10.2. The van der Waals surface area contributed by atoms with E-state index in [4.69, 9.17) is 10.5 Å². The van der Waals surface area contributed by atoms with Crippen molar-refractivity contribution >= 4 is 5.91 Å². The standard InChI is InChI=1S/C25H27N3O2/c1-30-23-10-6-20(7-11-23)17-28-14-12-25(18-28,24(26)29)15-19-4-8-21(9-5-19)22-3-2-13-27-16-22/h2-11,13,16H,12,14-15,17-18H2,1H3,(H2,26,29). The molecule has 1 amide bonds. The quantitative estimate of drug-likeness (QED) is 0.656. The Morgan fingerprint density at radius 3 is 2.43 bits per heavy atom. The largest absolute Gasteiger partial charge is 0.497 e. The van der Waals surface area contributed by atoms with Gasteiger partial charge in [-0.05, 0) is 59.8 Å². The third-order valence-corrected chi connectivity index (χ3v) is 6.01. The molecule has 1 fully saturated rings. The molecular formula is C25H27N3O2. The number of primary amides is 1. The van der Waals surface area contributed by atoms with E-state index in [1.165, 1.54) is 5.56 Å². The third-order valence-electron chi connectivity index (χ3n) is 6.01. The summed E-state index contributed by atoms with van der Waals surface area (Å²) >= 11 is 0. The Morgan fingerprint density at radius 1 is 1.07 bits per heavy atom. The molecule has 5 nitrogen and oxygen atoms in total. The number of amides is 1. The minimum Gasteiger partial charge on any atom is -0.497 e. The Bertz CT molecular complexity index is 987. The summed E-state index contributed by atoms with van der Waals surface area (Å²) in [5.74, 6) is 0.637. The lowest BCUT2D eigenvalue weighted by atomic mass is 9.80. The predicted molar refractivity (Wildman–Crippen MR) is 118 cm³/mol. The highest BCUT2D eigenvalue weighted by Gasteiger charge is 2.43. The Labute approximate surface area is 177 Å². The van der Waals surface area contributed by atoms with Crippen LogP contribution in [0.2, 0.25) is 0 Å². The van der Waals surface area contributed by atoms with Gasteiger partial charge in [-0.2, -0.15) is 0 Å². The van der Waals surface area contributed by atoms with E-state index >= 15 is 0 Å². The molecule has 1 atom stereocenters. The number of aromatic nitrogens is 1. The minimum absolute atomic E-state index is 0.212. The van der Waals surface area contributed by atoms with Crippen LogP contribution in [-0.4, -0.2) is 36.0 Å². The van der Waals surface area contributed by atoms with E-state index in [0.29, 0.717) is 13.0 Å². The number of pyridine rings is 1. The first kappa shape index (κ1) is 20.1. The fourth-order valence-electron chi connectivity index (χ4n) is 4.25. The third kappa shape index (κ3) is 4.36. The van der Waals surface area contributed by atoms with Crippen LogP contribution in [0.25, 0.3) is 11.1 Å². The molecule has 1 unspecified atom stereocenters. The van der Waals surface area contributed by atoms with Gasteiger partial charge in [0.2, 0.25) is 5.91 Å². The van der Waals surface area contributed by atoms with E-state index in [1.807, 2.05) is 30.5 Å². The molecule has 1 aliphatic rings. The second kappa shape index (κ2) is 8.67. The average Bonchev–Trinajstić information content (AvgIpc) is 3.19. The lowest BCUT2D eigenvalue weighted by molar-refractivity contribution is -0.127. The van der Waals surface area contributed by atoms with Crippen molar-refractivity contribution in [1.82, 2.24) is 9.88 Å². The zero-order chi connectivity index (χ0) is 21.0. The fourth-order valence-corrected chi connectivity index (χ4v) is 4.25. The number of nitrogens with zero attached hydrogens (tertiary/aromatic N) is 2. The van der Waals surface area contributed by atoms with E-state index in [0.717, 1.165) is 42.0 Å². The molecule has 2 heterocycles. The van der Waals surface area contributed by atoms with Crippen molar-refractivity contribution in [3.63, 3.8) is 0 Å². The average molecular weight is 402 g/mol. The van der Waals surface area contributed by atoms with Crippen LogP contribution in [-0.2, 0) is 17.8 Å². The zero-order valence-electron chi connectivity index (χ0n) is 17.3. The summed E-state index contributed by atoms with van der Waals surface area (Å²) in [6.07, 6.45) is 5.07. The summed E-state index contributed by atoms with van der Waals surface area (Å²) in [7, 11) is 1.67. The lowest BCUT2D eigenvalue weighted by Gasteiger charge is -2.26. The number of hydrogen-bond donors (Lipinski definition) is 1. The SMILES string of the molecule is COc1ccc(CN2CCC(Cc3ccc(-c4cccnc4)cc3)(C(N)=O)C2)cc1. The molecule has 1 aliphatic heterocycles. The molecule has 2 N–H and O–H groups in total. The molecule has 30 heavy (non-hydrogen) atoms. The Morgan fingerprint density at radius 2 is 1.80 bits per heavy atom. The first-order chi connectivity index (χ1) is 14.6. The Balaban J connectivity index is 1.45. The molecule has 0 saturated carbocycles. The predicted octanol–water partition coefficient (Wildman–Crippen LogP) is 3.68. The molecular weight excluding hydrogens is 374 g/mol. The van der Waals surface area contributed by atoms with Crippen molar-refractivity contribution < 1.29 is 9.53 Å². The van der Waals surface area contributed by atoms with Crippen molar-refractivity contribution in [2.45, 2.75) is 19.4 Å². The van der Waals surface area contributed by atoms with E-state index in [2.05, 4.69) is 46.3 Å². The smallest absolute Gasteiger partial charge is 0.225 e. The molecule has 1 saturated heterocycles. The van der Waals surface area contributed by atoms with Gasteiger partial charge in [-0.3, -0.25) is 14.7 Å². The van der Waals surface area contributed by atoms with Crippen LogP contribution >= 0.6 is 0 Å². The van der Waals surface area contributed by atoms with Gasteiger partial charge in [0.15, 0.2) is 0 Å². The summed E-state index contributed by atoms with van der Waals surface area (Å²) in [5, 5.41) is 0. The van der Waals surface area contributed by atoms with Crippen LogP contribution in [0.15, 0.2) is 73.1 Å². The van der Waals surface area contributed by atoms with Gasteiger partial charge in [-0.25, -0.2) is 0 Å². The molecule has 2 aromatic carbocycles. The van der Waals surface area contributed by atoms with Crippen LogP contribution in [0, 0.1) is 5.41 Å². The summed E-state index contributed by atoms with van der Waals surface area (Å²) in [4.78, 5) is 19.0. The summed E-state index contributed by atoms with van der Waals surface area (Å²) in [5.41, 5.74) is 9.92. The number of carbonyl (C=O) groups excluding carboxylic acids is 1. The number of nitrogens with two attached hydrogens (primary N) is 1. The van der Waals surface area contributed by atoms with Gasteiger partial charge in [0.25, 0.3) is 0 Å². The number of benzene rings is 2. The van der Waals surface area contributed by atoms with E-state index in [9.17, 15) is 4.79 Å². The highest BCUT2D eigenvalue weighted by molar-refractivity contribution is 5.82. The molecule has 0 spiro atoms. The highest BCUT2D eigenvalue weighted by Crippen LogP contribution is 2.35. The van der Waals surface area contributed by atoms with Crippen LogP contribution in [0.3, 0.4) is 0 Å². The molecule has 1 aromatic heterocycles. The number of ether oxygens (including phenoxy) is 1. The van der Waals surface area contributed by atoms with Crippen molar-refractivity contribution in [3.8, 4) is 16.9 Å². The van der Waals surface area contributed by atoms with Crippen LogP contribution in [0.1, 0.15) is 17.5 Å². The van der Waals surface area contributed by atoms with Crippen LogP contribution in [0.4, 0.5) is 0 Å². The molecule has 4 rings (SSSR count). The van der Waals surface area contributed by atoms with Gasteiger partial charge in [-0.1, -0.05) is 42.5 Å². The van der Waals surface area contributed by atoms with Crippen molar-refractivity contribution in [2.24, 2.45) is 11.1 Å². The minimum atomic E-state index is -0.526. The van der Waals surface area contributed by atoms with Crippen molar-refractivity contribution in [2.75, 3.05) is 20.2 Å². The van der Waals surface area contributed by atoms with Crippen molar-refractivity contribution in [3.05, 3.63) is 84.2 Å². The number of methoxy groups -OCH3 is 1. The van der Waals surface area contributed by atoms with Gasteiger partial charge < -0.3 is 10.5 Å². The van der Waals surface area contributed by atoms with Gasteiger partial charge in [0.05, 0.1) is 12.5 Å². The first-order valence-corrected chi connectivity index (χ1v) is 10.2. The molecule has 3 aromatic rings. The second-order valence-corrected chi connectivity index (χ2v) is 8.07. The monoisotopic (exact) mass is 401 g/mol. The molecule has 0 aliphatic carbocycles. The number of likely N-dealkylation sites (tertiary alicyclic amines) is 1. The fraction of sp³-hybridized carbons (Fsp3) is 0.280. The van der Waals surface area contributed by atoms with Gasteiger partial charge in [0.1, 0.15) is 5.75 Å². The van der Waals surface area contributed by atoms with Crippen LogP contribution < -0.4 is 10.5 Å². The summed E-state index contributed by atoms with van der Waals surface area (Å²) in [6, 6.07) is 20.4. The Hall–Kier alpha value is -3.18. The Kier molecular flexibility index (Phi) is 5.81. The lowest BCUT2D eigenvalue weighted by Crippen LogP contribution is -2.41. The maximum absolute atomic E-state index is 12.5. The maximum atomic E-state index is 12.5. The summed E-state index contributed by atoms with van der Waals surface area (Å²) in [6.45, 7) is 2.35. The molecule has 5 heteroatoms. The molecule has 0 radical (unpaired) electrons.